The molecule has 1 aromatic rings. The molecule has 1 saturated heterocycles. The molecule has 0 radical (unpaired) electrons. The van der Waals surface area contributed by atoms with Gasteiger partial charge in [0, 0.05) is 25.0 Å². The van der Waals surface area contributed by atoms with Crippen LogP contribution in [0.25, 0.3) is 0 Å². The zero-order valence-corrected chi connectivity index (χ0v) is 10.5. The second-order valence-corrected chi connectivity index (χ2v) is 6.16. The lowest BCUT2D eigenvalue weighted by molar-refractivity contribution is 0.358. The fraction of sp³-hybridized carbons (Fsp3) is 0.727. The van der Waals surface area contributed by atoms with Crippen molar-refractivity contribution >= 4 is 17.4 Å². The van der Waals surface area contributed by atoms with Crippen molar-refractivity contribution in [2.75, 3.05) is 16.8 Å². The van der Waals surface area contributed by atoms with Gasteiger partial charge in [-0.1, -0.05) is 13.8 Å². The highest BCUT2D eigenvalue weighted by atomic mass is 32.2. The lowest BCUT2D eigenvalue weighted by atomic mass is 9.88. The fourth-order valence-electron chi connectivity index (χ4n) is 2.09. The number of thioether (sulfide) groups is 1. The van der Waals surface area contributed by atoms with Crippen molar-refractivity contribution in [3.05, 3.63) is 12.4 Å². The monoisotopic (exact) mass is 225 g/mol. The Morgan fingerprint density at radius 1 is 1.60 bits per heavy atom. The van der Waals surface area contributed by atoms with Crippen molar-refractivity contribution in [1.29, 1.82) is 0 Å². The molecular formula is C11H19N3S. The van der Waals surface area contributed by atoms with E-state index >= 15 is 0 Å². The first kappa shape index (κ1) is 10.9. The van der Waals surface area contributed by atoms with Gasteiger partial charge in [0.1, 0.15) is 0 Å². The minimum atomic E-state index is 0.461. The Labute approximate surface area is 95.6 Å². The molecule has 1 aromatic heterocycles. The summed E-state index contributed by atoms with van der Waals surface area (Å²) in [5.74, 6) is 2.48. The summed E-state index contributed by atoms with van der Waals surface area (Å²) in [6, 6.07) is 0.586. The second-order valence-electron chi connectivity index (χ2n) is 5.13. The molecule has 0 amide bonds. The van der Waals surface area contributed by atoms with Gasteiger partial charge in [-0.3, -0.25) is 4.68 Å². The van der Waals surface area contributed by atoms with Crippen molar-refractivity contribution in [2.24, 2.45) is 12.5 Å². The second kappa shape index (κ2) is 4.08. The van der Waals surface area contributed by atoms with E-state index in [2.05, 4.69) is 24.3 Å². The number of hydrogen-bond donors (Lipinski definition) is 1. The summed E-state index contributed by atoms with van der Waals surface area (Å²) in [4.78, 5) is 0. The maximum absolute atomic E-state index is 4.17. The molecule has 1 fully saturated rings. The highest BCUT2D eigenvalue weighted by Gasteiger charge is 2.28. The molecule has 0 aliphatic carbocycles. The quantitative estimate of drug-likeness (QED) is 0.838. The van der Waals surface area contributed by atoms with Gasteiger partial charge in [0.2, 0.25) is 0 Å². The lowest BCUT2D eigenvalue weighted by Gasteiger charge is -2.35. The van der Waals surface area contributed by atoms with Gasteiger partial charge in [0.15, 0.2) is 0 Å². The van der Waals surface area contributed by atoms with E-state index in [4.69, 9.17) is 0 Å². The third kappa shape index (κ3) is 2.91. The van der Waals surface area contributed by atoms with Gasteiger partial charge >= 0.3 is 0 Å². The zero-order valence-electron chi connectivity index (χ0n) is 9.66. The third-order valence-electron chi connectivity index (χ3n) is 2.69. The predicted molar refractivity (Wildman–Crippen MR) is 66.3 cm³/mol. The van der Waals surface area contributed by atoms with Crippen LogP contribution in [0.2, 0.25) is 0 Å². The van der Waals surface area contributed by atoms with Gasteiger partial charge in [0.25, 0.3) is 0 Å². The minimum Gasteiger partial charge on any atom is -0.379 e. The molecule has 4 heteroatoms. The number of nitrogens with zero attached hydrogens (tertiary/aromatic N) is 2. The Kier molecular flexibility index (Phi) is 2.96. The molecule has 15 heavy (non-hydrogen) atoms. The number of aryl methyl sites for hydroxylation is 1. The number of nitrogens with one attached hydrogen (secondary N) is 1. The van der Waals surface area contributed by atoms with Crippen molar-refractivity contribution in [2.45, 2.75) is 26.3 Å². The van der Waals surface area contributed by atoms with E-state index < -0.39 is 0 Å². The summed E-state index contributed by atoms with van der Waals surface area (Å²) in [6.45, 7) is 4.69. The van der Waals surface area contributed by atoms with Crippen LogP contribution >= 0.6 is 11.8 Å². The molecule has 1 N–H and O–H groups in total. The van der Waals surface area contributed by atoms with Crippen LogP contribution in [0.3, 0.4) is 0 Å². The number of hydrogen-bond acceptors (Lipinski definition) is 3. The molecule has 2 rings (SSSR count). The summed E-state index contributed by atoms with van der Waals surface area (Å²) in [5.41, 5.74) is 1.60. The molecule has 0 spiro atoms. The molecule has 1 atom stereocenters. The standard InChI is InChI=1S/C11H19N3S/c1-11(2)4-9(7-15-8-11)13-10-5-12-14(3)6-10/h5-6,9,13H,4,7-8H2,1-3H3. The molecule has 0 bridgehead atoms. The summed E-state index contributed by atoms with van der Waals surface area (Å²) < 4.78 is 1.84. The van der Waals surface area contributed by atoms with Crippen molar-refractivity contribution < 1.29 is 0 Å². The van der Waals surface area contributed by atoms with Crippen LogP contribution in [-0.2, 0) is 7.05 Å². The highest BCUT2D eigenvalue weighted by Crippen LogP contribution is 2.34. The molecule has 0 aromatic carbocycles. The largest absolute Gasteiger partial charge is 0.379 e. The van der Waals surface area contributed by atoms with Gasteiger partial charge in [-0.2, -0.15) is 16.9 Å². The SMILES string of the molecule is Cn1cc(NC2CSCC(C)(C)C2)cn1. The highest BCUT2D eigenvalue weighted by molar-refractivity contribution is 7.99. The van der Waals surface area contributed by atoms with Gasteiger partial charge in [0.05, 0.1) is 11.9 Å². The average Bonchev–Trinajstić information content (AvgIpc) is 2.49. The molecule has 1 aliphatic rings. The number of aromatic nitrogens is 2. The number of anilines is 1. The van der Waals surface area contributed by atoms with Crippen LogP contribution < -0.4 is 5.32 Å². The molecule has 1 unspecified atom stereocenters. The summed E-state index contributed by atoms with van der Waals surface area (Å²) in [5, 5.41) is 7.72. The topological polar surface area (TPSA) is 29.9 Å². The van der Waals surface area contributed by atoms with Gasteiger partial charge < -0.3 is 5.32 Å². The van der Waals surface area contributed by atoms with E-state index in [1.807, 2.05) is 35.9 Å². The van der Waals surface area contributed by atoms with Crippen molar-refractivity contribution in [3.63, 3.8) is 0 Å². The first-order chi connectivity index (χ1) is 7.05. The Bertz CT molecular complexity index is 332. The molecular weight excluding hydrogens is 206 g/mol. The van der Waals surface area contributed by atoms with Crippen molar-refractivity contribution in [1.82, 2.24) is 9.78 Å². The third-order valence-corrected chi connectivity index (χ3v) is 4.31. The Hall–Kier alpha value is -0.640. The molecule has 2 heterocycles. The van der Waals surface area contributed by atoms with Crippen LogP contribution in [0.4, 0.5) is 5.69 Å². The van der Waals surface area contributed by atoms with E-state index in [9.17, 15) is 0 Å². The normalized spacial score (nSPS) is 25.1. The van der Waals surface area contributed by atoms with Crippen LogP contribution in [0, 0.1) is 5.41 Å². The Morgan fingerprint density at radius 3 is 3.00 bits per heavy atom. The van der Waals surface area contributed by atoms with E-state index in [1.165, 1.54) is 17.9 Å². The Balaban J connectivity index is 1.95. The zero-order chi connectivity index (χ0) is 10.9. The smallest absolute Gasteiger partial charge is 0.0728 e. The molecule has 0 saturated carbocycles. The van der Waals surface area contributed by atoms with Crippen LogP contribution in [0.5, 0.6) is 0 Å². The van der Waals surface area contributed by atoms with Gasteiger partial charge in [-0.15, -0.1) is 0 Å². The maximum Gasteiger partial charge on any atom is 0.0728 e. The van der Waals surface area contributed by atoms with Crippen LogP contribution in [0.1, 0.15) is 20.3 Å². The van der Waals surface area contributed by atoms with Gasteiger partial charge in [-0.25, -0.2) is 0 Å². The molecule has 1 aliphatic heterocycles. The van der Waals surface area contributed by atoms with E-state index in [0.29, 0.717) is 11.5 Å². The molecule has 84 valence electrons. The van der Waals surface area contributed by atoms with E-state index in [-0.39, 0.29) is 0 Å². The Morgan fingerprint density at radius 2 is 2.40 bits per heavy atom. The maximum atomic E-state index is 4.17. The first-order valence-corrected chi connectivity index (χ1v) is 6.54. The summed E-state index contributed by atoms with van der Waals surface area (Å²) >= 11 is 2.05. The fourth-order valence-corrected chi connectivity index (χ4v) is 3.36. The summed E-state index contributed by atoms with van der Waals surface area (Å²) in [7, 11) is 1.95. The average molecular weight is 225 g/mol. The van der Waals surface area contributed by atoms with E-state index in [1.54, 1.807) is 0 Å². The lowest BCUT2D eigenvalue weighted by Crippen LogP contribution is -2.35. The van der Waals surface area contributed by atoms with Crippen molar-refractivity contribution in [3.8, 4) is 0 Å². The van der Waals surface area contributed by atoms with Gasteiger partial charge in [-0.05, 0) is 17.6 Å². The predicted octanol–water partition coefficient (Wildman–Crippen LogP) is 2.36. The number of rotatable bonds is 2. The van der Waals surface area contributed by atoms with E-state index in [0.717, 1.165) is 5.69 Å². The van der Waals surface area contributed by atoms with Crippen LogP contribution in [-0.4, -0.2) is 27.3 Å². The minimum absolute atomic E-state index is 0.461. The first-order valence-electron chi connectivity index (χ1n) is 5.38. The van der Waals surface area contributed by atoms with Crippen LogP contribution in [0.15, 0.2) is 12.4 Å². The molecule has 3 nitrogen and oxygen atoms in total. The summed E-state index contributed by atoms with van der Waals surface area (Å²) in [6.07, 6.45) is 5.17.